The van der Waals surface area contributed by atoms with E-state index in [1.807, 2.05) is 6.92 Å². The minimum atomic E-state index is -0.566. The largest absolute Gasteiger partial charge is 0.341 e. The van der Waals surface area contributed by atoms with Crippen molar-refractivity contribution in [1.82, 2.24) is 10.6 Å². The molecular weight excluding hydrogens is 275 g/mol. The number of urea groups is 1. The second-order valence-electron chi connectivity index (χ2n) is 5.09. The van der Waals surface area contributed by atoms with Gasteiger partial charge in [0.1, 0.15) is 5.82 Å². The van der Waals surface area contributed by atoms with Gasteiger partial charge in [0, 0.05) is 12.7 Å². The van der Waals surface area contributed by atoms with Crippen LogP contribution in [-0.2, 0) is 4.79 Å². The second kappa shape index (κ2) is 6.53. The molecule has 0 bridgehead atoms. The number of amides is 3. The quantitative estimate of drug-likeness (QED) is 0.682. The molecule has 1 fully saturated rings. The highest BCUT2D eigenvalue weighted by atomic mass is 19.1. The third kappa shape index (κ3) is 3.69. The van der Waals surface area contributed by atoms with Crippen LogP contribution >= 0.6 is 0 Å². The monoisotopic (exact) mass is 294 g/mol. The SMILES string of the molecule is CNC(=O)Nc1cc(NC(=O)C2NCCC2C)ccc1F. The molecule has 114 valence electrons. The first-order valence-corrected chi connectivity index (χ1v) is 6.84. The number of anilines is 2. The molecule has 3 amide bonds. The van der Waals surface area contributed by atoms with Crippen molar-refractivity contribution in [2.75, 3.05) is 24.2 Å². The van der Waals surface area contributed by atoms with Crippen molar-refractivity contribution in [1.29, 1.82) is 0 Å². The van der Waals surface area contributed by atoms with E-state index in [1.54, 1.807) is 0 Å². The van der Waals surface area contributed by atoms with Crippen molar-refractivity contribution in [2.24, 2.45) is 5.92 Å². The van der Waals surface area contributed by atoms with Gasteiger partial charge in [0.05, 0.1) is 11.7 Å². The van der Waals surface area contributed by atoms with E-state index in [0.717, 1.165) is 13.0 Å². The Morgan fingerprint density at radius 1 is 1.33 bits per heavy atom. The number of hydrogen-bond acceptors (Lipinski definition) is 3. The van der Waals surface area contributed by atoms with Crippen LogP contribution in [0.15, 0.2) is 18.2 Å². The summed E-state index contributed by atoms with van der Waals surface area (Å²) in [5, 5.41) is 10.6. The van der Waals surface area contributed by atoms with Gasteiger partial charge in [-0.25, -0.2) is 9.18 Å². The summed E-state index contributed by atoms with van der Waals surface area (Å²) in [4.78, 5) is 23.4. The van der Waals surface area contributed by atoms with E-state index in [9.17, 15) is 14.0 Å². The number of carbonyl (C=O) groups is 2. The lowest BCUT2D eigenvalue weighted by Gasteiger charge is -2.16. The zero-order valence-electron chi connectivity index (χ0n) is 12.0. The van der Waals surface area contributed by atoms with Gasteiger partial charge in [0.2, 0.25) is 5.91 Å². The van der Waals surface area contributed by atoms with Crippen LogP contribution in [0.4, 0.5) is 20.6 Å². The molecule has 0 saturated carbocycles. The van der Waals surface area contributed by atoms with Crippen molar-refractivity contribution in [3.63, 3.8) is 0 Å². The molecule has 2 atom stereocenters. The molecule has 0 spiro atoms. The molecule has 1 aromatic rings. The molecule has 7 heteroatoms. The molecule has 0 aliphatic carbocycles. The number of nitrogens with one attached hydrogen (secondary N) is 4. The standard InChI is InChI=1S/C14H19FN4O2/c1-8-5-6-17-12(8)13(20)18-9-3-4-10(15)11(7-9)19-14(21)16-2/h3-4,7-8,12,17H,5-6H2,1-2H3,(H,18,20)(H2,16,19,21). The van der Waals surface area contributed by atoms with Crippen molar-refractivity contribution in [2.45, 2.75) is 19.4 Å². The average Bonchev–Trinajstić information content (AvgIpc) is 2.88. The van der Waals surface area contributed by atoms with E-state index in [2.05, 4.69) is 21.3 Å². The van der Waals surface area contributed by atoms with Gasteiger partial charge in [0.25, 0.3) is 0 Å². The summed E-state index contributed by atoms with van der Waals surface area (Å²) >= 11 is 0. The lowest BCUT2D eigenvalue weighted by molar-refractivity contribution is -0.118. The van der Waals surface area contributed by atoms with Gasteiger partial charge in [-0.3, -0.25) is 4.79 Å². The van der Waals surface area contributed by atoms with Gasteiger partial charge in [0.15, 0.2) is 0 Å². The van der Waals surface area contributed by atoms with E-state index in [1.165, 1.54) is 25.2 Å². The van der Waals surface area contributed by atoms with Crippen LogP contribution in [0.5, 0.6) is 0 Å². The molecule has 1 saturated heterocycles. The van der Waals surface area contributed by atoms with E-state index >= 15 is 0 Å². The maximum absolute atomic E-state index is 13.6. The molecule has 6 nitrogen and oxygen atoms in total. The maximum atomic E-state index is 13.6. The van der Waals surface area contributed by atoms with Crippen LogP contribution in [0.1, 0.15) is 13.3 Å². The molecule has 1 aliphatic heterocycles. The summed E-state index contributed by atoms with van der Waals surface area (Å²) in [6, 6.07) is 3.28. The highest BCUT2D eigenvalue weighted by Gasteiger charge is 2.29. The Hall–Kier alpha value is -2.15. The fourth-order valence-electron chi connectivity index (χ4n) is 2.29. The van der Waals surface area contributed by atoms with Crippen LogP contribution in [0.25, 0.3) is 0 Å². The average molecular weight is 294 g/mol. The molecule has 2 rings (SSSR count). The molecule has 1 heterocycles. The van der Waals surface area contributed by atoms with Crippen LogP contribution in [0, 0.1) is 11.7 Å². The van der Waals surface area contributed by atoms with Gasteiger partial charge in [-0.05, 0) is 37.1 Å². The molecule has 1 aromatic carbocycles. The number of carbonyl (C=O) groups excluding carboxylic acids is 2. The summed E-state index contributed by atoms with van der Waals surface area (Å²) in [5.41, 5.74) is 0.452. The number of halogens is 1. The highest BCUT2D eigenvalue weighted by molar-refractivity contribution is 5.96. The Morgan fingerprint density at radius 2 is 2.10 bits per heavy atom. The minimum absolute atomic E-state index is 0.0135. The summed E-state index contributed by atoms with van der Waals surface area (Å²) in [7, 11) is 1.44. The highest BCUT2D eigenvalue weighted by Crippen LogP contribution is 2.21. The van der Waals surface area contributed by atoms with E-state index in [0.29, 0.717) is 5.69 Å². The lowest BCUT2D eigenvalue weighted by Crippen LogP contribution is -2.39. The van der Waals surface area contributed by atoms with E-state index < -0.39 is 11.8 Å². The Labute approximate surface area is 122 Å². The normalized spacial score (nSPS) is 20.9. The van der Waals surface area contributed by atoms with E-state index in [-0.39, 0.29) is 23.6 Å². The zero-order chi connectivity index (χ0) is 15.4. The third-order valence-corrected chi connectivity index (χ3v) is 3.52. The van der Waals surface area contributed by atoms with Crippen molar-refractivity contribution < 1.29 is 14.0 Å². The fraction of sp³-hybridized carbons (Fsp3) is 0.429. The zero-order valence-corrected chi connectivity index (χ0v) is 12.0. The first-order chi connectivity index (χ1) is 10.0. The van der Waals surface area contributed by atoms with Crippen molar-refractivity contribution in [3.05, 3.63) is 24.0 Å². The molecule has 21 heavy (non-hydrogen) atoms. The Bertz CT molecular complexity index is 550. The first kappa shape index (κ1) is 15.2. The molecule has 1 aliphatic rings. The van der Waals surface area contributed by atoms with Crippen LogP contribution in [0.2, 0.25) is 0 Å². The maximum Gasteiger partial charge on any atom is 0.319 e. The lowest BCUT2D eigenvalue weighted by atomic mass is 10.0. The topological polar surface area (TPSA) is 82.3 Å². The molecule has 0 aromatic heterocycles. The van der Waals surface area contributed by atoms with E-state index in [4.69, 9.17) is 0 Å². The van der Waals surface area contributed by atoms with Gasteiger partial charge >= 0.3 is 6.03 Å². The number of rotatable bonds is 3. The van der Waals surface area contributed by atoms with Crippen molar-refractivity contribution in [3.8, 4) is 0 Å². The van der Waals surface area contributed by atoms with Gasteiger partial charge in [-0.15, -0.1) is 0 Å². The number of hydrogen-bond donors (Lipinski definition) is 4. The summed E-state index contributed by atoms with van der Waals surface area (Å²) in [6.07, 6.45) is 0.949. The Balaban J connectivity index is 2.08. The van der Waals surface area contributed by atoms with Gasteiger partial charge < -0.3 is 21.3 Å². The third-order valence-electron chi connectivity index (χ3n) is 3.52. The van der Waals surface area contributed by atoms with Gasteiger partial charge in [-0.2, -0.15) is 0 Å². The summed E-state index contributed by atoms with van der Waals surface area (Å²) in [6.45, 7) is 2.82. The predicted molar refractivity (Wildman–Crippen MR) is 78.7 cm³/mol. The summed E-state index contributed by atoms with van der Waals surface area (Å²) < 4.78 is 13.6. The molecule has 2 unspecified atom stereocenters. The molecular formula is C14H19FN4O2. The first-order valence-electron chi connectivity index (χ1n) is 6.84. The van der Waals surface area contributed by atoms with Crippen LogP contribution < -0.4 is 21.3 Å². The molecule has 0 radical (unpaired) electrons. The Kier molecular flexibility index (Phi) is 4.74. The second-order valence-corrected chi connectivity index (χ2v) is 5.09. The van der Waals surface area contributed by atoms with Crippen molar-refractivity contribution >= 4 is 23.3 Å². The van der Waals surface area contributed by atoms with Gasteiger partial charge in [-0.1, -0.05) is 6.92 Å². The van der Waals surface area contributed by atoms with Crippen LogP contribution in [0.3, 0.4) is 0 Å². The fourth-order valence-corrected chi connectivity index (χ4v) is 2.29. The predicted octanol–water partition coefficient (Wildman–Crippen LogP) is 1.51. The molecule has 4 N–H and O–H groups in total. The van der Waals surface area contributed by atoms with Crippen LogP contribution in [-0.4, -0.2) is 31.6 Å². The smallest absolute Gasteiger partial charge is 0.319 e. The minimum Gasteiger partial charge on any atom is -0.341 e. The number of benzene rings is 1. The summed E-state index contributed by atoms with van der Waals surface area (Å²) in [5.74, 6) is -0.463. The Morgan fingerprint density at radius 3 is 2.71 bits per heavy atom.